The van der Waals surface area contributed by atoms with Crippen LogP contribution in [0.25, 0.3) is 0 Å². The average molecular weight is 487 g/mol. The molecule has 0 aromatic carbocycles. The van der Waals surface area contributed by atoms with E-state index in [1.54, 1.807) is 20.0 Å². The van der Waals surface area contributed by atoms with Crippen LogP contribution >= 0.6 is 0 Å². The lowest BCUT2D eigenvalue weighted by Gasteiger charge is -2.38. The lowest BCUT2D eigenvalue weighted by atomic mass is 9.97. The molecule has 0 aromatic rings. The van der Waals surface area contributed by atoms with E-state index in [-0.39, 0.29) is 68.2 Å². The average Bonchev–Trinajstić information content (AvgIpc) is 2.84. The van der Waals surface area contributed by atoms with Crippen molar-refractivity contribution < 1.29 is 14.4 Å². The van der Waals surface area contributed by atoms with Crippen molar-refractivity contribution in [3.8, 4) is 12.1 Å². The van der Waals surface area contributed by atoms with Gasteiger partial charge in [-0.05, 0) is 46.1 Å². The van der Waals surface area contributed by atoms with Crippen molar-refractivity contribution in [3.63, 3.8) is 0 Å². The number of likely N-dealkylation sites (tertiary alicyclic amines) is 1. The van der Waals surface area contributed by atoms with Gasteiger partial charge in [0.25, 0.3) is 0 Å². The summed E-state index contributed by atoms with van der Waals surface area (Å²) in [4.78, 5) is 44.3. The van der Waals surface area contributed by atoms with E-state index in [1.165, 1.54) is 9.80 Å². The molecule has 0 aromatic heterocycles. The van der Waals surface area contributed by atoms with Crippen molar-refractivity contribution in [2.24, 2.45) is 5.92 Å². The summed E-state index contributed by atoms with van der Waals surface area (Å²) in [6.45, 7) is 11.3. The van der Waals surface area contributed by atoms with Crippen LogP contribution < -0.4 is 5.32 Å². The van der Waals surface area contributed by atoms with Crippen LogP contribution in [-0.4, -0.2) is 83.8 Å². The monoisotopic (exact) mass is 486 g/mol. The second-order valence-electron chi connectivity index (χ2n) is 9.79. The smallest absolute Gasteiger partial charge is 0.249 e. The van der Waals surface area contributed by atoms with Crippen molar-refractivity contribution in [1.29, 1.82) is 10.5 Å². The van der Waals surface area contributed by atoms with Gasteiger partial charge in [-0.2, -0.15) is 10.5 Å². The van der Waals surface area contributed by atoms with Crippen molar-refractivity contribution >= 4 is 17.7 Å². The number of nitriles is 2. The van der Waals surface area contributed by atoms with E-state index in [2.05, 4.69) is 24.1 Å². The number of likely N-dealkylation sites (N-methyl/N-ethyl adjacent to an activating group) is 1. The molecule has 9 heteroatoms. The Kier molecular flexibility index (Phi) is 13.0. The fourth-order valence-corrected chi connectivity index (χ4v) is 4.24. The van der Waals surface area contributed by atoms with Gasteiger partial charge in [-0.15, -0.1) is 0 Å². The van der Waals surface area contributed by atoms with Gasteiger partial charge >= 0.3 is 0 Å². The summed E-state index contributed by atoms with van der Waals surface area (Å²) in [6.07, 6.45) is 4.91. The van der Waals surface area contributed by atoms with Crippen molar-refractivity contribution in [3.05, 3.63) is 11.6 Å². The SMILES string of the molecule is C/C(=C\CN(C)C(=O)C(NC(=O)C1CCCCN1C(C)C)C(C)C)C(=O)N(CCC#N)CCC#N. The van der Waals surface area contributed by atoms with Gasteiger partial charge in [0.15, 0.2) is 0 Å². The normalized spacial score (nSPS) is 17.4. The Morgan fingerprint density at radius 2 is 1.69 bits per heavy atom. The van der Waals surface area contributed by atoms with Gasteiger partial charge in [-0.1, -0.05) is 26.3 Å². The van der Waals surface area contributed by atoms with E-state index in [0.717, 1.165) is 25.8 Å². The van der Waals surface area contributed by atoms with Crippen LogP contribution in [0.15, 0.2) is 11.6 Å². The van der Waals surface area contributed by atoms with Gasteiger partial charge in [0.2, 0.25) is 17.7 Å². The van der Waals surface area contributed by atoms with Gasteiger partial charge in [-0.3, -0.25) is 19.3 Å². The number of hydrogen-bond acceptors (Lipinski definition) is 6. The van der Waals surface area contributed by atoms with Crippen LogP contribution in [0.1, 0.15) is 66.7 Å². The molecule has 1 aliphatic rings. The third kappa shape index (κ3) is 9.33. The van der Waals surface area contributed by atoms with Crippen LogP contribution in [0.3, 0.4) is 0 Å². The summed E-state index contributed by atoms with van der Waals surface area (Å²) in [5.41, 5.74) is 0.445. The van der Waals surface area contributed by atoms with Crippen LogP contribution in [-0.2, 0) is 14.4 Å². The van der Waals surface area contributed by atoms with Crippen LogP contribution in [0.5, 0.6) is 0 Å². The molecule has 9 nitrogen and oxygen atoms in total. The molecule has 0 aliphatic carbocycles. The number of hydrogen-bond donors (Lipinski definition) is 1. The Labute approximate surface area is 210 Å². The second-order valence-corrected chi connectivity index (χ2v) is 9.79. The Morgan fingerprint density at radius 1 is 1.09 bits per heavy atom. The van der Waals surface area contributed by atoms with Gasteiger partial charge in [0.05, 0.1) is 31.0 Å². The first-order valence-electron chi connectivity index (χ1n) is 12.6. The van der Waals surface area contributed by atoms with Crippen molar-refractivity contribution in [1.82, 2.24) is 20.0 Å². The molecule has 0 saturated carbocycles. The van der Waals surface area contributed by atoms with Gasteiger partial charge < -0.3 is 15.1 Å². The van der Waals surface area contributed by atoms with E-state index in [1.807, 2.05) is 26.0 Å². The lowest BCUT2D eigenvalue weighted by Crippen LogP contribution is -2.57. The molecule has 3 amide bonds. The maximum atomic E-state index is 13.2. The molecule has 1 saturated heterocycles. The molecule has 194 valence electrons. The largest absolute Gasteiger partial charge is 0.343 e. The minimum absolute atomic E-state index is 0.0934. The third-order valence-corrected chi connectivity index (χ3v) is 6.40. The van der Waals surface area contributed by atoms with Crippen LogP contribution in [0.4, 0.5) is 0 Å². The highest BCUT2D eigenvalue weighted by Crippen LogP contribution is 2.20. The van der Waals surface area contributed by atoms with Crippen molar-refractivity contribution in [2.45, 2.75) is 84.8 Å². The van der Waals surface area contributed by atoms with E-state index >= 15 is 0 Å². The minimum Gasteiger partial charge on any atom is -0.343 e. The number of piperidine rings is 1. The Balaban J connectivity index is 2.85. The van der Waals surface area contributed by atoms with Gasteiger partial charge in [0.1, 0.15) is 6.04 Å². The van der Waals surface area contributed by atoms with Gasteiger partial charge in [0, 0.05) is 38.3 Å². The summed E-state index contributed by atoms with van der Waals surface area (Å²) in [6, 6.07) is 3.41. The molecule has 0 spiro atoms. The minimum atomic E-state index is -0.657. The van der Waals surface area contributed by atoms with E-state index < -0.39 is 6.04 Å². The standard InChI is InChI=1S/C26H42N6O3/c1-19(2)23(29-24(33)22-11-7-8-17-32(22)20(3)4)26(35)30(6)18-12-21(5)25(34)31(15-9-13-27)16-10-14-28/h12,19-20,22-23H,7-11,15-18H2,1-6H3,(H,29,33)/b21-12+. The molecule has 2 unspecified atom stereocenters. The van der Waals surface area contributed by atoms with E-state index in [4.69, 9.17) is 10.5 Å². The van der Waals surface area contributed by atoms with E-state index in [0.29, 0.717) is 5.57 Å². The molecule has 1 heterocycles. The lowest BCUT2D eigenvalue weighted by molar-refractivity contribution is -0.138. The highest BCUT2D eigenvalue weighted by molar-refractivity contribution is 5.93. The predicted octanol–water partition coefficient (Wildman–Crippen LogP) is 2.45. The molecular weight excluding hydrogens is 444 g/mol. The summed E-state index contributed by atoms with van der Waals surface area (Å²) in [5.74, 6) is -0.658. The van der Waals surface area contributed by atoms with E-state index in [9.17, 15) is 14.4 Å². The first kappa shape index (κ1) is 30.1. The third-order valence-electron chi connectivity index (χ3n) is 6.40. The number of nitrogens with one attached hydrogen (secondary N) is 1. The zero-order valence-corrected chi connectivity index (χ0v) is 22.2. The number of carbonyl (C=O) groups is 3. The Hall–Kier alpha value is -2.91. The molecule has 0 radical (unpaired) electrons. The molecule has 1 aliphatic heterocycles. The second kappa shape index (κ2) is 15.2. The highest BCUT2D eigenvalue weighted by atomic mass is 16.2. The first-order valence-corrected chi connectivity index (χ1v) is 12.6. The quantitative estimate of drug-likeness (QED) is 0.423. The summed E-state index contributed by atoms with van der Waals surface area (Å²) >= 11 is 0. The molecule has 35 heavy (non-hydrogen) atoms. The fraction of sp³-hybridized carbons (Fsp3) is 0.731. The number of carbonyl (C=O) groups excluding carboxylic acids is 3. The molecule has 2 atom stereocenters. The number of rotatable bonds is 12. The molecule has 1 fully saturated rings. The Bertz CT molecular complexity index is 821. The highest BCUT2D eigenvalue weighted by Gasteiger charge is 2.34. The summed E-state index contributed by atoms with van der Waals surface area (Å²) in [5, 5.41) is 20.7. The maximum Gasteiger partial charge on any atom is 0.249 e. The molecular formula is C26H42N6O3. The fourth-order valence-electron chi connectivity index (χ4n) is 4.24. The zero-order valence-electron chi connectivity index (χ0n) is 22.2. The number of amides is 3. The summed E-state index contributed by atoms with van der Waals surface area (Å²) < 4.78 is 0. The van der Waals surface area contributed by atoms with Crippen LogP contribution in [0.2, 0.25) is 0 Å². The Morgan fingerprint density at radius 3 is 2.20 bits per heavy atom. The molecule has 0 bridgehead atoms. The van der Waals surface area contributed by atoms with Crippen molar-refractivity contribution in [2.75, 3.05) is 33.2 Å². The first-order chi connectivity index (χ1) is 16.5. The molecule has 1 N–H and O–H groups in total. The molecule has 1 rings (SSSR count). The maximum absolute atomic E-state index is 13.2. The van der Waals surface area contributed by atoms with Crippen LogP contribution in [0, 0.1) is 28.6 Å². The summed E-state index contributed by atoms with van der Waals surface area (Å²) in [7, 11) is 1.66. The topological polar surface area (TPSA) is 121 Å². The predicted molar refractivity (Wildman–Crippen MR) is 135 cm³/mol. The number of nitrogens with zero attached hydrogens (tertiary/aromatic N) is 5. The zero-order chi connectivity index (χ0) is 26.5. The van der Waals surface area contributed by atoms with Gasteiger partial charge in [-0.25, -0.2) is 0 Å².